The zero-order valence-electron chi connectivity index (χ0n) is 10.6. The molecule has 19 heavy (non-hydrogen) atoms. The smallest absolute Gasteiger partial charge is 0.368 e. The Kier molecular flexibility index (Phi) is 4.26. The standard InChI is InChI=1S/C13H16ClF3N2/c1-2-18-9-6-7-19(8-9)12-10(13(15,16)17)4-3-5-11(12)14/h3-5,9,18H,2,6-8H2,1H3. The van der Waals surface area contributed by atoms with Gasteiger partial charge in [0.2, 0.25) is 0 Å². The van der Waals surface area contributed by atoms with Gasteiger partial charge in [-0.05, 0) is 25.1 Å². The fourth-order valence-electron chi connectivity index (χ4n) is 2.48. The lowest BCUT2D eigenvalue weighted by Crippen LogP contribution is -2.33. The van der Waals surface area contributed by atoms with Gasteiger partial charge >= 0.3 is 6.18 Å². The molecule has 0 saturated carbocycles. The summed E-state index contributed by atoms with van der Waals surface area (Å²) in [5, 5.41) is 3.42. The number of nitrogens with one attached hydrogen (secondary N) is 1. The van der Waals surface area contributed by atoms with Crippen molar-refractivity contribution in [2.75, 3.05) is 24.5 Å². The van der Waals surface area contributed by atoms with Crippen molar-refractivity contribution in [1.82, 2.24) is 5.32 Å². The molecule has 1 unspecified atom stereocenters. The summed E-state index contributed by atoms with van der Waals surface area (Å²) in [5.41, 5.74) is -0.547. The van der Waals surface area contributed by atoms with Crippen molar-refractivity contribution in [2.45, 2.75) is 25.6 Å². The van der Waals surface area contributed by atoms with Crippen molar-refractivity contribution < 1.29 is 13.2 Å². The third kappa shape index (κ3) is 3.15. The summed E-state index contributed by atoms with van der Waals surface area (Å²) < 4.78 is 39.1. The maximum atomic E-state index is 13.0. The van der Waals surface area contributed by atoms with Gasteiger partial charge in [0.15, 0.2) is 0 Å². The summed E-state index contributed by atoms with van der Waals surface area (Å²) in [7, 11) is 0. The Morgan fingerprint density at radius 2 is 2.16 bits per heavy atom. The molecule has 1 saturated heterocycles. The minimum atomic E-state index is -4.38. The van der Waals surface area contributed by atoms with E-state index in [1.165, 1.54) is 12.1 Å². The summed E-state index contributed by atoms with van der Waals surface area (Å²) >= 11 is 5.98. The van der Waals surface area contributed by atoms with Crippen LogP contribution in [-0.2, 0) is 6.18 Å². The van der Waals surface area contributed by atoms with Crippen LogP contribution in [0, 0.1) is 0 Å². The summed E-state index contributed by atoms with van der Waals surface area (Å²) in [6.45, 7) is 3.94. The van der Waals surface area contributed by atoms with Crippen LogP contribution in [0.25, 0.3) is 0 Å². The highest BCUT2D eigenvalue weighted by atomic mass is 35.5. The second-order valence-corrected chi connectivity index (χ2v) is 5.03. The van der Waals surface area contributed by atoms with Crippen molar-refractivity contribution in [2.24, 2.45) is 0 Å². The summed E-state index contributed by atoms with van der Waals surface area (Å²) in [4.78, 5) is 1.72. The zero-order chi connectivity index (χ0) is 14.0. The van der Waals surface area contributed by atoms with Gasteiger partial charge in [0.1, 0.15) is 0 Å². The Hall–Kier alpha value is -0.940. The largest absolute Gasteiger partial charge is 0.418 e. The minimum absolute atomic E-state index is 0.108. The summed E-state index contributed by atoms with van der Waals surface area (Å²) in [6.07, 6.45) is -3.55. The Labute approximate surface area is 115 Å². The third-order valence-electron chi connectivity index (χ3n) is 3.29. The van der Waals surface area contributed by atoms with Gasteiger partial charge in [0.05, 0.1) is 16.3 Å². The van der Waals surface area contributed by atoms with Crippen LogP contribution in [-0.4, -0.2) is 25.7 Å². The number of benzene rings is 1. The number of hydrogen-bond donors (Lipinski definition) is 1. The van der Waals surface area contributed by atoms with E-state index >= 15 is 0 Å². The second-order valence-electron chi connectivity index (χ2n) is 4.62. The highest BCUT2D eigenvalue weighted by Gasteiger charge is 2.37. The summed E-state index contributed by atoms with van der Waals surface area (Å²) in [6, 6.07) is 4.16. The quantitative estimate of drug-likeness (QED) is 0.916. The number of alkyl halides is 3. The SMILES string of the molecule is CCNC1CCN(c2c(Cl)cccc2C(F)(F)F)C1. The molecule has 0 spiro atoms. The van der Waals surface area contributed by atoms with Gasteiger partial charge in [0, 0.05) is 19.1 Å². The maximum Gasteiger partial charge on any atom is 0.418 e. The van der Waals surface area contributed by atoms with E-state index in [0.717, 1.165) is 19.0 Å². The van der Waals surface area contributed by atoms with E-state index in [4.69, 9.17) is 11.6 Å². The fourth-order valence-corrected chi connectivity index (χ4v) is 2.78. The molecule has 1 heterocycles. The number of para-hydroxylation sites is 1. The molecule has 1 aromatic rings. The first kappa shape index (κ1) is 14.5. The Morgan fingerprint density at radius 3 is 2.79 bits per heavy atom. The number of hydrogen-bond acceptors (Lipinski definition) is 2. The molecule has 1 aliphatic rings. The predicted molar refractivity (Wildman–Crippen MR) is 70.7 cm³/mol. The van der Waals surface area contributed by atoms with Crippen LogP contribution in [0.2, 0.25) is 5.02 Å². The van der Waals surface area contributed by atoms with Gasteiger partial charge in [-0.3, -0.25) is 0 Å². The monoisotopic (exact) mass is 292 g/mol. The Bertz CT molecular complexity index is 448. The van der Waals surface area contributed by atoms with Gasteiger partial charge < -0.3 is 10.2 Å². The Morgan fingerprint density at radius 1 is 1.42 bits per heavy atom. The second kappa shape index (κ2) is 5.59. The van der Waals surface area contributed by atoms with Gasteiger partial charge in [-0.25, -0.2) is 0 Å². The highest BCUT2D eigenvalue weighted by Crippen LogP contribution is 2.41. The third-order valence-corrected chi connectivity index (χ3v) is 3.59. The first-order valence-corrected chi connectivity index (χ1v) is 6.65. The number of likely N-dealkylation sites (N-methyl/N-ethyl adjacent to an activating group) is 1. The van der Waals surface area contributed by atoms with Crippen LogP contribution >= 0.6 is 11.6 Å². The lowest BCUT2D eigenvalue weighted by Gasteiger charge is -2.24. The van der Waals surface area contributed by atoms with Crippen molar-refractivity contribution in [3.8, 4) is 0 Å². The molecule has 106 valence electrons. The molecule has 1 atom stereocenters. The number of nitrogens with zero attached hydrogens (tertiary/aromatic N) is 1. The van der Waals surface area contributed by atoms with E-state index in [1.54, 1.807) is 4.90 Å². The Balaban J connectivity index is 2.30. The molecule has 2 rings (SSSR count). The average Bonchev–Trinajstić information content (AvgIpc) is 2.76. The molecule has 0 radical (unpaired) electrons. The fraction of sp³-hybridized carbons (Fsp3) is 0.538. The van der Waals surface area contributed by atoms with Crippen LogP contribution in [0.4, 0.5) is 18.9 Å². The molecule has 2 nitrogen and oxygen atoms in total. The molecule has 0 aliphatic carbocycles. The van der Waals surface area contributed by atoms with Crippen LogP contribution in [0.5, 0.6) is 0 Å². The molecule has 0 bridgehead atoms. The molecule has 1 aliphatic heterocycles. The number of halogens is 4. The molecule has 6 heteroatoms. The molecule has 1 N–H and O–H groups in total. The van der Waals surface area contributed by atoms with Crippen molar-refractivity contribution in [3.63, 3.8) is 0 Å². The van der Waals surface area contributed by atoms with E-state index in [0.29, 0.717) is 13.1 Å². The summed E-state index contributed by atoms with van der Waals surface area (Å²) in [5.74, 6) is 0. The van der Waals surface area contributed by atoms with Crippen LogP contribution < -0.4 is 10.2 Å². The number of anilines is 1. The molecule has 1 fully saturated rings. The zero-order valence-corrected chi connectivity index (χ0v) is 11.4. The van der Waals surface area contributed by atoms with E-state index < -0.39 is 11.7 Å². The van der Waals surface area contributed by atoms with Crippen molar-refractivity contribution in [3.05, 3.63) is 28.8 Å². The number of rotatable bonds is 3. The normalized spacial score (nSPS) is 20.1. The molecule has 0 aromatic heterocycles. The average molecular weight is 293 g/mol. The first-order chi connectivity index (χ1) is 8.93. The van der Waals surface area contributed by atoms with Crippen molar-refractivity contribution >= 4 is 17.3 Å². The van der Waals surface area contributed by atoms with E-state index in [1.807, 2.05) is 6.92 Å². The van der Waals surface area contributed by atoms with Crippen LogP contribution in [0.15, 0.2) is 18.2 Å². The maximum absolute atomic E-state index is 13.0. The van der Waals surface area contributed by atoms with E-state index in [-0.39, 0.29) is 16.8 Å². The van der Waals surface area contributed by atoms with Gasteiger partial charge in [-0.15, -0.1) is 0 Å². The van der Waals surface area contributed by atoms with E-state index in [9.17, 15) is 13.2 Å². The van der Waals surface area contributed by atoms with Gasteiger partial charge in [-0.1, -0.05) is 24.6 Å². The predicted octanol–water partition coefficient (Wildman–Crippen LogP) is 3.55. The van der Waals surface area contributed by atoms with Crippen LogP contribution in [0.1, 0.15) is 18.9 Å². The van der Waals surface area contributed by atoms with Crippen LogP contribution in [0.3, 0.4) is 0 Å². The van der Waals surface area contributed by atoms with Crippen molar-refractivity contribution in [1.29, 1.82) is 0 Å². The minimum Gasteiger partial charge on any atom is -0.368 e. The molecular formula is C13H16ClF3N2. The van der Waals surface area contributed by atoms with Gasteiger partial charge in [0.25, 0.3) is 0 Å². The molecular weight excluding hydrogens is 277 g/mol. The lowest BCUT2D eigenvalue weighted by atomic mass is 10.1. The highest BCUT2D eigenvalue weighted by molar-refractivity contribution is 6.33. The first-order valence-electron chi connectivity index (χ1n) is 6.27. The van der Waals surface area contributed by atoms with Gasteiger partial charge in [-0.2, -0.15) is 13.2 Å². The lowest BCUT2D eigenvalue weighted by molar-refractivity contribution is -0.137. The molecule has 0 amide bonds. The molecule has 1 aromatic carbocycles. The topological polar surface area (TPSA) is 15.3 Å². The van der Waals surface area contributed by atoms with E-state index in [2.05, 4.69) is 5.32 Å².